The summed E-state index contributed by atoms with van der Waals surface area (Å²) in [7, 11) is -5.57. The molecule has 2 aliphatic rings. The maximum atomic E-state index is 7.32. The van der Waals surface area contributed by atoms with Crippen LogP contribution in [0.3, 0.4) is 0 Å². The monoisotopic (exact) mass is 567 g/mol. The maximum Gasteiger partial charge on any atom is 0.335 e. The van der Waals surface area contributed by atoms with Gasteiger partial charge in [-0.15, -0.1) is 0 Å². The molecule has 2 saturated heterocycles. The highest BCUT2D eigenvalue weighted by molar-refractivity contribution is 7.80. The molecule has 4 heterocycles. The molecule has 0 radical (unpaired) electrons. The first-order valence-electron chi connectivity index (χ1n) is 13.1. The van der Waals surface area contributed by atoms with Gasteiger partial charge < -0.3 is 28.2 Å². The first-order chi connectivity index (χ1) is 17.3. The summed E-state index contributed by atoms with van der Waals surface area (Å²) in [5.74, 6) is 0.305. The topological polar surface area (TPSA) is 116 Å². The lowest BCUT2D eigenvalue weighted by atomic mass is 10.1. The Morgan fingerprint density at radius 2 is 1.65 bits per heavy atom. The van der Waals surface area contributed by atoms with Crippen molar-refractivity contribution in [3.8, 4) is 0 Å². The molecule has 2 N–H and O–H groups in total. The number of rotatable bonds is 6. The number of aromatic nitrogens is 4. The Labute approximate surface area is 227 Å². The van der Waals surface area contributed by atoms with Crippen LogP contribution in [0.1, 0.15) is 68.5 Å². The number of thiocarbonyl (C=S) groups is 1. The minimum absolute atomic E-state index is 0.175. The molecule has 2 aromatic heterocycles. The Morgan fingerprint density at radius 1 is 1.03 bits per heavy atom. The van der Waals surface area contributed by atoms with Crippen LogP contribution in [0.25, 0.3) is 11.2 Å². The number of ether oxygens (including phenoxy) is 2. The van der Waals surface area contributed by atoms with Crippen molar-refractivity contribution in [3.63, 3.8) is 0 Å². The molecule has 2 aliphatic heterocycles. The van der Waals surface area contributed by atoms with Crippen LogP contribution in [0.5, 0.6) is 0 Å². The predicted molar refractivity (Wildman–Crippen MR) is 151 cm³/mol. The average molecular weight is 568 g/mol. The van der Waals surface area contributed by atoms with Crippen molar-refractivity contribution in [2.24, 2.45) is 0 Å². The van der Waals surface area contributed by atoms with E-state index in [1.165, 1.54) is 6.33 Å². The lowest BCUT2D eigenvalue weighted by Crippen LogP contribution is -2.66. The van der Waals surface area contributed by atoms with Crippen LogP contribution in [-0.4, -0.2) is 66.6 Å². The molecule has 206 valence electrons. The standard InChI is InChI=1S/C24H41N5O5SSi2/c1-13(2)36(14(3)4)30-10-18-20(33-37(34-36,15(5)6)16(7)8)21(31-17(9)35)24(32-18)29-12-28-19-22(25)26-11-27-23(19)29/h11-16,18,20-21,24H,10H2,1-9H3,(H2,25,26,27)/t18-,20?,21+,24-/m0/s1. The molecule has 37 heavy (non-hydrogen) atoms. The van der Waals surface area contributed by atoms with Crippen LogP contribution in [0, 0.1) is 0 Å². The molecule has 13 heteroatoms. The number of hydrogen-bond acceptors (Lipinski definition) is 10. The highest BCUT2D eigenvalue weighted by Gasteiger charge is 2.62. The second-order valence-electron chi connectivity index (χ2n) is 11.3. The van der Waals surface area contributed by atoms with Crippen LogP contribution in [0.15, 0.2) is 12.7 Å². The lowest BCUT2D eigenvalue weighted by molar-refractivity contribution is -0.0564. The molecule has 10 nitrogen and oxygen atoms in total. The van der Waals surface area contributed by atoms with E-state index in [0.29, 0.717) is 28.6 Å². The lowest BCUT2D eigenvalue weighted by Gasteiger charge is -2.51. The molecule has 0 bridgehead atoms. The van der Waals surface area contributed by atoms with Crippen molar-refractivity contribution < 1.29 is 22.4 Å². The third kappa shape index (κ3) is 4.87. The Hall–Kier alpha value is -1.49. The van der Waals surface area contributed by atoms with Gasteiger partial charge in [-0.2, -0.15) is 0 Å². The summed E-state index contributed by atoms with van der Waals surface area (Å²) in [6, 6.07) is 0. The van der Waals surface area contributed by atoms with E-state index in [1.54, 1.807) is 13.3 Å². The molecule has 4 atom stereocenters. The smallest absolute Gasteiger partial charge is 0.335 e. The SMILES string of the molecule is CC(=S)O[C@@H]1C2O[Si](C(C)C)(C(C)C)O[Si](C(C)C)(C(C)C)OC[C@@H]2O[C@@H]1n1cnc2c(N)ncnc21. The van der Waals surface area contributed by atoms with Crippen molar-refractivity contribution in [3.05, 3.63) is 12.7 Å². The van der Waals surface area contributed by atoms with E-state index in [0.717, 1.165) is 0 Å². The summed E-state index contributed by atoms with van der Waals surface area (Å²) in [5.41, 5.74) is 7.95. The number of hydrogen-bond donors (Lipinski definition) is 1. The van der Waals surface area contributed by atoms with E-state index in [-0.39, 0.29) is 22.2 Å². The largest absolute Gasteiger partial charge is 0.477 e. The van der Waals surface area contributed by atoms with Gasteiger partial charge in [0.25, 0.3) is 0 Å². The highest BCUT2D eigenvalue weighted by Crippen LogP contribution is 2.49. The second-order valence-corrected chi connectivity index (χ2v) is 20.7. The van der Waals surface area contributed by atoms with Crippen molar-refractivity contribution in [1.82, 2.24) is 19.5 Å². The van der Waals surface area contributed by atoms with Crippen LogP contribution in [0.4, 0.5) is 5.82 Å². The van der Waals surface area contributed by atoms with Crippen molar-refractivity contribution in [2.45, 2.75) is 109 Å². The quantitative estimate of drug-likeness (QED) is 0.378. The minimum atomic E-state index is -2.87. The van der Waals surface area contributed by atoms with E-state index in [2.05, 4.69) is 70.3 Å². The predicted octanol–water partition coefficient (Wildman–Crippen LogP) is 4.99. The van der Waals surface area contributed by atoms with Gasteiger partial charge in [-0.3, -0.25) is 4.57 Å². The first kappa shape index (κ1) is 28.5. The fourth-order valence-electron chi connectivity index (χ4n) is 5.72. The molecule has 0 spiro atoms. The number of nitrogens with two attached hydrogens (primary N) is 1. The van der Waals surface area contributed by atoms with E-state index < -0.39 is 41.7 Å². The van der Waals surface area contributed by atoms with Gasteiger partial charge in [0, 0.05) is 6.92 Å². The summed E-state index contributed by atoms with van der Waals surface area (Å²) in [4.78, 5) is 12.9. The van der Waals surface area contributed by atoms with Crippen LogP contribution in [0.2, 0.25) is 22.2 Å². The summed E-state index contributed by atoms with van der Waals surface area (Å²) in [5, 5.41) is 0.403. The summed E-state index contributed by atoms with van der Waals surface area (Å²) in [6.45, 7) is 19.7. The zero-order chi connectivity index (χ0) is 27.3. The Balaban J connectivity index is 1.84. The first-order valence-corrected chi connectivity index (χ1v) is 17.5. The fraction of sp³-hybridized carbons (Fsp3) is 0.750. The number of nitrogen functional groups attached to an aromatic ring is 1. The zero-order valence-electron chi connectivity index (χ0n) is 23.3. The van der Waals surface area contributed by atoms with Crippen LogP contribution >= 0.6 is 12.2 Å². The van der Waals surface area contributed by atoms with Gasteiger partial charge >= 0.3 is 17.1 Å². The third-order valence-electron chi connectivity index (χ3n) is 7.58. The van der Waals surface area contributed by atoms with Crippen molar-refractivity contribution >= 4 is 51.4 Å². The summed E-state index contributed by atoms with van der Waals surface area (Å²) >= 11 is 5.40. The van der Waals surface area contributed by atoms with Gasteiger partial charge in [0.2, 0.25) is 0 Å². The number of imidazole rings is 1. The maximum absolute atomic E-state index is 7.32. The van der Waals surface area contributed by atoms with Gasteiger partial charge in [-0.25, -0.2) is 15.0 Å². The molecule has 4 rings (SSSR count). The van der Waals surface area contributed by atoms with Gasteiger partial charge in [-0.05, 0) is 34.4 Å². The molecule has 2 aromatic rings. The van der Waals surface area contributed by atoms with Crippen LogP contribution < -0.4 is 5.73 Å². The number of nitrogens with zero attached hydrogens (tertiary/aromatic N) is 4. The highest BCUT2D eigenvalue weighted by atomic mass is 32.1. The Bertz CT molecular complexity index is 1110. The number of anilines is 1. The van der Waals surface area contributed by atoms with Gasteiger partial charge in [0.05, 0.1) is 12.9 Å². The van der Waals surface area contributed by atoms with Gasteiger partial charge in [-0.1, -0.05) is 55.4 Å². The average Bonchev–Trinajstić information content (AvgIpc) is 3.35. The van der Waals surface area contributed by atoms with E-state index >= 15 is 0 Å². The van der Waals surface area contributed by atoms with E-state index in [4.69, 9.17) is 40.4 Å². The summed E-state index contributed by atoms with van der Waals surface area (Å²) in [6.07, 6.45) is 1.07. The fourth-order valence-corrected chi connectivity index (χ4v) is 17.0. The third-order valence-corrected chi connectivity index (χ3v) is 17.9. The van der Waals surface area contributed by atoms with Gasteiger partial charge in [0.15, 0.2) is 28.8 Å². The second kappa shape index (κ2) is 10.6. The number of fused-ring (bicyclic) bond motifs is 2. The molecule has 0 aromatic carbocycles. The molecule has 1 unspecified atom stereocenters. The van der Waals surface area contributed by atoms with Crippen molar-refractivity contribution in [2.75, 3.05) is 12.3 Å². The minimum Gasteiger partial charge on any atom is -0.477 e. The molecular weight excluding hydrogens is 527 g/mol. The molecule has 0 amide bonds. The molecular formula is C24H41N5O5SSi2. The summed E-state index contributed by atoms with van der Waals surface area (Å²) < 4.78 is 36.2. The molecule has 2 fully saturated rings. The van der Waals surface area contributed by atoms with E-state index in [1.807, 2.05) is 4.57 Å². The van der Waals surface area contributed by atoms with Crippen molar-refractivity contribution in [1.29, 1.82) is 0 Å². The van der Waals surface area contributed by atoms with Gasteiger partial charge in [0.1, 0.15) is 24.1 Å². The zero-order valence-corrected chi connectivity index (χ0v) is 26.1. The molecule has 0 saturated carbocycles. The Morgan fingerprint density at radius 3 is 2.22 bits per heavy atom. The van der Waals surface area contributed by atoms with E-state index in [9.17, 15) is 0 Å². The normalized spacial score (nSPS) is 27.6. The molecule has 0 aliphatic carbocycles. The van der Waals surface area contributed by atoms with Crippen LogP contribution in [-0.2, 0) is 22.4 Å². The Kier molecular flexibility index (Phi) is 8.16.